The number of piperazine rings is 3. The van der Waals surface area contributed by atoms with Crippen LogP contribution in [0.3, 0.4) is 0 Å². The zero-order valence-electron chi connectivity index (χ0n) is 49.4. The first-order chi connectivity index (χ1) is 42.6. The number of hydrogen-bond acceptors (Lipinski definition) is 17. The average molecular weight is 1250 g/mol. The highest BCUT2D eigenvalue weighted by Gasteiger charge is 2.32. The van der Waals surface area contributed by atoms with Crippen molar-refractivity contribution in [1.29, 1.82) is 5.26 Å². The van der Waals surface area contributed by atoms with Crippen molar-refractivity contribution in [3.63, 3.8) is 0 Å². The molecular formula is C62H71F3N20S3. The highest BCUT2D eigenvalue weighted by Crippen LogP contribution is 2.33. The van der Waals surface area contributed by atoms with Crippen molar-refractivity contribution in [2.45, 2.75) is 46.2 Å². The third-order valence-corrected chi connectivity index (χ3v) is 17.1. The van der Waals surface area contributed by atoms with E-state index in [9.17, 15) is 13.2 Å². The molecule has 0 saturated carbocycles. The van der Waals surface area contributed by atoms with E-state index in [-0.39, 0.29) is 0 Å². The fourth-order valence-corrected chi connectivity index (χ4v) is 11.7. The Balaban J connectivity index is 0.000000146. The van der Waals surface area contributed by atoms with E-state index >= 15 is 0 Å². The van der Waals surface area contributed by atoms with Gasteiger partial charge in [-0.25, -0.2) is 0 Å². The Morgan fingerprint density at radius 3 is 1.32 bits per heavy atom. The maximum atomic E-state index is 13.0. The summed E-state index contributed by atoms with van der Waals surface area (Å²) in [5, 5.41) is 34.6. The van der Waals surface area contributed by atoms with Gasteiger partial charge in [-0.3, -0.25) is 31.2 Å². The number of nitrogen functional groups attached to an aromatic ring is 1. The number of pyridine rings is 3. The number of hydrogen-bond donors (Lipinski definition) is 7. The number of alkyl halides is 3. The Hall–Kier alpha value is -8.93. The summed E-state index contributed by atoms with van der Waals surface area (Å²) in [6.07, 6.45) is 3.43. The first kappa shape index (κ1) is 62.1. The molecule has 3 fully saturated rings. The van der Waals surface area contributed by atoms with Gasteiger partial charge < -0.3 is 51.1 Å². The van der Waals surface area contributed by atoms with E-state index in [0.717, 1.165) is 171 Å². The minimum absolute atomic E-state index is 0.504. The molecule has 3 aromatic heterocycles. The highest BCUT2D eigenvalue weighted by atomic mass is 32.1. The van der Waals surface area contributed by atoms with Crippen molar-refractivity contribution in [3.8, 4) is 6.07 Å². The van der Waals surface area contributed by atoms with Crippen molar-refractivity contribution in [1.82, 2.24) is 45.9 Å². The number of halogens is 3. The Morgan fingerprint density at radius 2 is 0.920 bits per heavy atom. The predicted octanol–water partition coefficient (Wildman–Crippen LogP) is 8.29. The number of nitrogens with zero attached hydrogens (tertiary/aromatic N) is 13. The minimum Gasteiger partial charge on any atom is -0.397 e. The molecule has 0 bridgehead atoms. The van der Waals surface area contributed by atoms with Crippen molar-refractivity contribution in [3.05, 3.63) is 154 Å². The molecule has 12 rings (SSSR count). The summed E-state index contributed by atoms with van der Waals surface area (Å²) in [4.78, 5) is 26.3. The van der Waals surface area contributed by atoms with E-state index < -0.39 is 11.7 Å². The average Bonchev–Trinajstić information content (AvgIpc) is 2.40. The van der Waals surface area contributed by atoms with Gasteiger partial charge in [0.15, 0.2) is 15.3 Å². The van der Waals surface area contributed by atoms with E-state index in [1.165, 1.54) is 23.3 Å². The normalized spacial score (nSPS) is 17.7. The van der Waals surface area contributed by atoms with Crippen molar-refractivity contribution < 1.29 is 13.2 Å². The van der Waals surface area contributed by atoms with Gasteiger partial charge in [0.25, 0.3) is 0 Å². The summed E-state index contributed by atoms with van der Waals surface area (Å²) in [6.45, 7) is 17.8. The number of para-hydroxylation sites is 2. The lowest BCUT2D eigenvalue weighted by atomic mass is 10.0. The largest absolute Gasteiger partial charge is 0.416 e. The molecule has 26 heteroatoms. The zero-order chi connectivity index (χ0) is 61.7. The van der Waals surface area contributed by atoms with Gasteiger partial charge in [-0.05, 0) is 147 Å². The molecule has 458 valence electrons. The summed E-state index contributed by atoms with van der Waals surface area (Å²) in [7, 11) is 0. The lowest BCUT2D eigenvalue weighted by molar-refractivity contribution is -0.137. The number of hydrazone groups is 3. The Bertz CT molecular complexity index is 3620. The SMILES string of the molecule is Cc1ccnc2c1NCC/C2=N/NC(=S)N1CCN(c2ccc(C#N)cc2)CC1.Cc1ccnc2c1NCC/C2=N/NC(=S)N1CCN(c2cccc(C(F)(F)F)c2)CC1.Cc1ccnc2c1NCC/C2=N/NC(=S)N1CCN(c2ccccc2N)CC1. The standard InChI is InChI=1S/C21H23F3N6S.C21H23N7S.C20H25N7S/c1-14-5-7-26-19-17(6-8-25-18(14)19)27-28-20(31)30-11-9-29(10-12-30)16-4-2-3-15(13-16)21(22,23)24;1-15-6-8-24-20-18(7-9-23-19(15)20)25-26-21(29)28-12-10-27(11-13-28)17-4-2-16(14-22)3-5-17;1-14-6-8-23-19-16(7-9-22-18(14)19)24-25-20(28)27-12-10-26(11-13-27)17-5-3-2-4-15(17)21/h2-5,7,13,25H,6,8-12H2,1H3,(H,28,31);2-6,8,23H,7,9-13H2,1H3,(H,26,29);2-6,8,22H,7,9-13,21H2,1H3,(H,25,28)/b27-17-;25-18-;24-16-. The van der Waals surface area contributed by atoms with E-state index in [4.69, 9.17) is 47.6 Å². The van der Waals surface area contributed by atoms with Crippen LogP contribution >= 0.6 is 36.7 Å². The molecule has 0 spiro atoms. The summed E-state index contributed by atoms with van der Waals surface area (Å²) in [5.74, 6) is 0. The second kappa shape index (κ2) is 28.7. The lowest BCUT2D eigenvalue weighted by Gasteiger charge is -2.37. The monoisotopic (exact) mass is 1250 g/mol. The zero-order valence-corrected chi connectivity index (χ0v) is 51.8. The Labute approximate surface area is 527 Å². The smallest absolute Gasteiger partial charge is 0.397 e. The van der Waals surface area contributed by atoms with Crippen LogP contribution in [0, 0.1) is 32.1 Å². The van der Waals surface area contributed by atoms with E-state index in [1.54, 1.807) is 12.3 Å². The summed E-state index contributed by atoms with van der Waals surface area (Å²) in [6, 6.07) is 29.3. The topological polar surface area (TPSA) is 217 Å². The quantitative estimate of drug-likeness (QED) is 0.0474. The van der Waals surface area contributed by atoms with Gasteiger partial charge in [-0.1, -0.05) is 18.2 Å². The third-order valence-electron chi connectivity index (χ3n) is 16.0. The van der Waals surface area contributed by atoms with Crippen molar-refractivity contribution in [2.24, 2.45) is 15.3 Å². The van der Waals surface area contributed by atoms with E-state index in [1.807, 2.05) is 89.8 Å². The molecule has 3 aromatic carbocycles. The van der Waals surface area contributed by atoms with Crippen LogP contribution < -0.4 is 52.7 Å². The van der Waals surface area contributed by atoms with Crippen LogP contribution in [-0.2, 0) is 6.18 Å². The van der Waals surface area contributed by atoms with E-state index in [0.29, 0.717) is 52.8 Å². The van der Waals surface area contributed by atoms with Gasteiger partial charge in [-0.15, -0.1) is 0 Å². The third kappa shape index (κ3) is 15.2. The molecule has 88 heavy (non-hydrogen) atoms. The summed E-state index contributed by atoms with van der Waals surface area (Å²) < 4.78 is 38.9. The second-order valence-electron chi connectivity index (χ2n) is 21.7. The molecule has 20 nitrogen and oxygen atoms in total. The fourth-order valence-electron chi connectivity index (χ4n) is 11.0. The molecule has 0 atom stereocenters. The van der Waals surface area contributed by atoms with E-state index in [2.05, 4.69) is 108 Å². The molecule has 0 unspecified atom stereocenters. The molecule has 3 saturated heterocycles. The van der Waals surface area contributed by atoms with Gasteiger partial charge in [0.05, 0.1) is 62.8 Å². The summed E-state index contributed by atoms with van der Waals surface area (Å²) in [5.41, 5.74) is 30.8. The number of anilines is 7. The number of nitrogens with one attached hydrogen (secondary N) is 6. The van der Waals surface area contributed by atoms with Crippen LogP contribution in [-0.4, -0.2) is 160 Å². The number of nitrogens with two attached hydrogens (primary N) is 1. The lowest BCUT2D eigenvalue weighted by Crippen LogP contribution is -2.51. The fraction of sp³-hybridized carbons (Fsp3) is 0.355. The van der Waals surface area contributed by atoms with Crippen LogP contribution in [0.2, 0.25) is 0 Å². The van der Waals surface area contributed by atoms with Crippen LogP contribution in [0.15, 0.2) is 125 Å². The first-order valence-electron chi connectivity index (χ1n) is 29.3. The van der Waals surface area contributed by atoms with Crippen LogP contribution in [0.25, 0.3) is 0 Å². The number of thiocarbonyl (C=S) groups is 3. The molecule has 0 amide bonds. The highest BCUT2D eigenvalue weighted by molar-refractivity contribution is 7.80. The van der Waals surface area contributed by atoms with Crippen LogP contribution in [0.4, 0.5) is 53.0 Å². The molecule has 8 N–H and O–H groups in total. The van der Waals surface area contributed by atoms with Gasteiger partial charge in [0.2, 0.25) is 0 Å². The minimum atomic E-state index is -4.34. The predicted molar refractivity (Wildman–Crippen MR) is 358 cm³/mol. The second-order valence-corrected chi connectivity index (χ2v) is 22.9. The number of fused-ring (bicyclic) bond motifs is 3. The molecule has 6 aromatic rings. The Kier molecular flexibility index (Phi) is 20.3. The summed E-state index contributed by atoms with van der Waals surface area (Å²) >= 11 is 16.6. The van der Waals surface area contributed by atoms with Crippen LogP contribution in [0.1, 0.15) is 64.2 Å². The van der Waals surface area contributed by atoms with Gasteiger partial charge >= 0.3 is 6.18 Å². The molecule has 0 radical (unpaired) electrons. The molecule has 6 aliphatic heterocycles. The van der Waals surface area contributed by atoms with Gasteiger partial charge in [0.1, 0.15) is 17.1 Å². The molecule has 9 heterocycles. The van der Waals surface area contributed by atoms with Crippen LogP contribution in [0.5, 0.6) is 0 Å². The maximum absolute atomic E-state index is 13.0. The van der Waals surface area contributed by atoms with Crippen molar-refractivity contribution in [2.75, 3.05) is 135 Å². The molecule has 0 aliphatic carbocycles. The molecule has 6 aliphatic rings. The Morgan fingerprint density at radius 1 is 0.523 bits per heavy atom. The number of aryl methyl sites for hydroxylation is 3. The number of nitriles is 1. The van der Waals surface area contributed by atoms with Gasteiger partial charge in [-0.2, -0.15) is 33.7 Å². The van der Waals surface area contributed by atoms with Gasteiger partial charge in [0, 0.05) is 147 Å². The first-order valence-corrected chi connectivity index (χ1v) is 30.5. The maximum Gasteiger partial charge on any atom is 0.416 e. The number of rotatable bonds is 6. The van der Waals surface area contributed by atoms with Crippen molar-refractivity contribution >= 4 is 109 Å². The number of aromatic nitrogens is 3. The molecular weight excluding hydrogens is 1180 g/mol. The number of benzene rings is 3.